The molecule has 0 heterocycles. The van der Waals surface area contributed by atoms with Gasteiger partial charge in [0, 0.05) is 18.1 Å². The van der Waals surface area contributed by atoms with Crippen LogP contribution in [0.4, 0.5) is 11.4 Å². The Morgan fingerprint density at radius 2 is 1.62 bits per heavy atom. The fourth-order valence-corrected chi connectivity index (χ4v) is 3.23. The Labute approximate surface area is 156 Å². The number of benzene rings is 2. The van der Waals surface area contributed by atoms with E-state index in [1.54, 1.807) is 0 Å². The predicted molar refractivity (Wildman–Crippen MR) is 113 cm³/mol. The molecule has 0 aromatic heterocycles. The van der Waals surface area contributed by atoms with Crippen molar-refractivity contribution in [2.45, 2.75) is 26.7 Å². The summed E-state index contributed by atoms with van der Waals surface area (Å²) in [5, 5.41) is 3.33. The first kappa shape index (κ1) is 17.9. The second kappa shape index (κ2) is 8.48. The van der Waals surface area contributed by atoms with Crippen molar-refractivity contribution >= 4 is 17.6 Å². The molecular formula is C24H26N2. The topological polar surface area (TPSA) is 24.4 Å². The van der Waals surface area contributed by atoms with E-state index in [1.807, 2.05) is 60.9 Å². The molecular weight excluding hydrogens is 316 g/mol. The Balaban J connectivity index is 1.70. The van der Waals surface area contributed by atoms with Gasteiger partial charge in [0.15, 0.2) is 0 Å². The van der Waals surface area contributed by atoms with Gasteiger partial charge in [-0.05, 0) is 65.8 Å². The normalized spacial score (nSPS) is 18.4. The zero-order valence-electron chi connectivity index (χ0n) is 15.5. The molecule has 0 fully saturated rings. The number of rotatable bonds is 5. The van der Waals surface area contributed by atoms with Crippen molar-refractivity contribution in [3.8, 4) is 0 Å². The van der Waals surface area contributed by atoms with Gasteiger partial charge in [0.2, 0.25) is 0 Å². The molecule has 2 aromatic rings. The first-order chi connectivity index (χ1) is 12.6. The molecule has 0 atom stereocenters. The Kier molecular flexibility index (Phi) is 5.85. The van der Waals surface area contributed by atoms with E-state index in [4.69, 9.17) is 0 Å². The largest absolute Gasteiger partial charge is 0.362 e. The van der Waals surface area contributed by atoms with E-state index in [0.29, 0.717) is 0 Å². The molecule has 1 aliphatic rings. The highest BCUT2D eigenvalue weighted by Gasteiger charge is 2.24. The molecule has 0 unspecified atom stereocenters. The van der Waals surface area contributed by atoms with Crippen LogP contribution < -0.4 is 5.32 Å². The molecule has 0 bridgehead atoms. The smallest absolute Gasteiger partial charge is 0.0629 e. The Bertz CT molecular complexity index is 825. The standard InChI is InChI=1S/C24H26N2/c1-24(2)18-20(13-15-25-22-9-5-3-6-10-22)17-21(19-24)14-16-26-23-11-7-4-8-12-23/h3-17,25H,18-19H2,1-2H3/b15-13+,21-14-,26-16?. The summed E-state index contributed by atoms with van der Waals surface area (Å²) in [7, 11) is 0. The quantitative estimate of drug-likeness (QED) is 0.602. The van der Waals surface area contributed by atoms with E-state index in [2.05, 4.69) is 54.5 Å². The van der Waals surface area contributed by atoms with Crippen LogP contribution in [0.15, 0.2) is 101 Å². The summed E-state index contributed by atoms with van der Waals surface area (Å²) in [6, 6.07) is 20.3. The number of allylic oxidation sites excluding steroid dienone is 5. The molecule has 2 heteroatoms. The highest BCUT2D eigenvalue weighted by atomic mass is 14.8. The molecule has 2 nitrogen and oxygen atoms in total. The van der Waals surface area contributed by atoms with Crippen LogP contribution in [0.2, 0.25) is 0 Å². The van der Waals surface area contributed by atoms with E-state index in [1.165, 1.54) is 11.1 Å². The lowest BCUT2D eigenvalue weighted by Crippen LogP contribution is -2.16. The maximum Gasteiger partial charge on any atom is 0.0629 e. The first-order valence-corrected chi connectivity index (χ1v) is 9.08. The van der Waals surface area contributed by atoms with Crippen molar-refractivity contribution in [1.82, 2.24) is 0 Å². The average molecular weight is 342 g/mol. The highest BCUT2D eigenvalue weighted by molar-refractivity contribution is 5.76. The molecule has 3 rings (SSSR count). The SMILES string of the molecule is CC1(C)CC(/C=C/Nc2ccccc2)=CC(=C/C=Nc2ccccc2)/C1. The summed E-state index contributed by atoms with van der Waals surface area (Å²) in [5.74, 6) is 0. The van der Waals surface area contributed by atoms with Gasteiger partial charge >= 0.3 is 0 Å². The predicted octanol–water partition coefficient (Wildman–Crippen LogP) is 6.69. The van der Waals surface area contributed by atoms with E-state index in [0.717, 1.165) is 24.2 Å². The summed E-state index contributed by atoms with van der Waals surface area (Å²) < 4.78 is 0. The van der Waals surface area contributed by atoms with Crippen molar-refractivity contribution in [3.63, 3.8) is 0 Å². The summed E-state index contributed by atoms with van der Waals surface area (Å²) in [6.07, 6.45) is 12.7. The van der Waals surface area contributed by atoms with Crippen molar-refractivity contribution in [3.05, 3.63) is 96.2 Å². The Hall–Kier alpha value is -2.87. The lowest BCUT2D eigenvalue weighted by atomic mass is 9.75. The number of para-hydroxylation sites is 2. The van der Waals surface area contributed by atoms with E-state index >= 15 is 0 Å². The second-order valence-corrected chi connectivity index (χ2v) is 7.44. The first-order valence-electron chi connectivity index (χ1n) is 9.08. The Morgan fingerprint density at radius 3 is 2.35 bits per heavy atom. The van der Waals surface area contributed by atoms with Crippen LogP contribution in [0.5, 0.6) is 0 Å². The zero-order chi connectivity index (χ0) is 18.2. The van der Waals surface area contributed by atoms with Crippen LogP contribution in [-0.4, -0.2) is 6.21 Å². The van der Waals surface area contributed by atoms with Gasteiger partial charge in [0.05, 0.1) is 5.69 Å². The number of nitrogens with one attached hydrogen (secondary N) is 1. The number of hydrogen-bond donors (Lipinski definition) is 1. The highest BCUT2D eigenvalue weighted by Crippen LogP contribution is 2.38. The third-order valence-corrected chi connectivity index (χ3v) is 4.33. The minimum Gasteiger partial charge on any atom is -0.362 e. The molecule has 132 valence electrons. The molecule has 0 radical (unpaired) electrons. The molecule has 1 N–H and O–H groups in total. The summed E-state index contributed by atoms with van der Waals surface area (Å²) >= 11 is 0. The van der Waals surface area contributed by atoms with E-state index in [9.17, 15) is 0 Å². The summed E-state index contributed by atoms with van der Waals surface area (Å²) in [6.45, 7) is 4.64. The number of nitrogens with zero attached hydrogens (tertiary/aromatic N) is 1. The van der Waals surface area contributed by atoms with Gasteiger partial charge in [0.1, 0.15) is 0 Å². The van der Waals surface area contributed by atoms with Gasteiger partial charge in [-0.25, -0.2) is 0 Å². The van der Waals surface area contributed by atoms with Gasteiger partial charge in [-0.3, -0.25) is 4.99 Å². The van der Waals surface area contributed by atoms with Crippen LogP contribution in [0, 0.1) is 5.41 Å². The molecule has 26 heavy (non-hydrogen) atoms. The minimum absolute atomic E-state index is 0.258. The monoisotopic (exact) mass is 342 g/mol. The molecule has 0 saturated carbocycles. The summed E-state index contributed by atoms with van der Waals surface area (Å²) in [5.41, 5.74) is 5.00. The summed E-state index contributed by atoms with van der Waals surface area (Å²) in [4.78, 5) is 4.51. The number of aliphatic imine (C=N–C) groups is 1. The molecule has 0 spiro atoms. The maximum atomic E-state index is 4.51. The van der Waals surface area contributed by atoms with Crippen molar-refractivity contribution in [1.29, 1.82) is 0 Å². The fourth-order valence-electron chi connectivity index (χ4n) is 3.23. The molecule has 0 saturated heterocycles. The van der Waals surface area contributed by atoms with Crippen molar-refractivity contribution in [2.75, 3.05) is 5.32 Å². The van der Waals surface area contributed by atoms with Gasteiger partial charge in [-0.1, -0.05) is 56.3 Å². The second-order valence-electron chi connectivity index (χ2n) is 7.44. The van der Waals surface area contributed by atoms with Crippen LogP contribution in [0.1, 0.15) is 26.7 Å². The lowest BCUT2D eigenvalue weighted by molar-refractivity contribution is 0.355. The lowest BCUT2D eigenvalue weighted by Gasteiger charge is -2.30. The van der Waals surface area contributed by atoms with E-state index < -0.39 is 0 Å². The third kappa shape index (κ3) is 5.59. The zero-order valence-corrected chi connectivity index (χ0v) is 15.5. The molecule has 2 aromatic carbocycles. The Morgan fingerprint density at radius 1 is 0.923 bits per heavy atom. The fraction of sp³-hybridized carbons (Fsp3) is 0.208. The molecule has 1 aliphatic carbocycles. The number of anilines is 1. The molecule has 0 amide bonds. The van der Waals surface area contributed by atoms with Gasteiger partial charge < -0.3 is 5.32 Å². The minimum atomic E-state index is 0.258. The average Bonchev–Trinajstić information content (AvgIpc) is 2.62. The molecule has 0 aliphatic heterocycles. The van der Waals surface area contributed by atoms with Crippen LogP contribution in [-0.2, 0) is 0 Å². The van der Waals surface area contributed by atoms with Crippen molar-refractivity contribution in [2.24, 2.45) is 10.4 Å². The maximum absolute atomic E-state index is 4.51. The van der Waals surface area contributed by atoms with Crippen LogP contribution in [0.3, 0.4) is 0 Å². The van der Waals surface area contributed by atoms with Crippen molar-refractivity contribution < 1.29 is 0 Å². The van der Waals surface area contributed by atoms with Gasteiger partial charge in [-0.2, -0.15) is 0 Å². The third-order valence-electron chi connectivity index (χ3n) is 4.33. The van der Waals surface area contributed by atoms with Gasteiger partial charge in [-0.15, -0.1) is 0 Å². The van der Waals surface area contributed by atoms with Crippen LogP contribution >= 0.6 is 0 Å². The van der Waals surface area contributed by atoms with E-state index in [-0.39, 0.29) is 5.41 Å². The van der Waals surface area contributed by atoms with Crippen LogP contribution in [0.25, 0.3) is 0 Å². The number of hydrogen-bond acceptors (Lipinski definition) is 2. The van der Waals surface area contributed by atoms with Gasteiger partial charge in [0.25, 0.3) is 0 Å².